The van der Waals surface area contributed by atoms with Gasteiger partial charge in [0.2, 0.25) is 12.7 Å². The Morgan fingerprint density at radius 2 is 1.84 bits per heavy atom. The van der Waals surface area contributed by atoms with Gasteiger partial charge >= 0.3 is 0 Å². The van der Waals surface area contributed by atoms with Crippen molar-refractivity contribution in [2.75, 3.05) is 39.5 Å². The lowest BCUT2D eigenvalue weighted by Crippen LogP contribution is -2.39. The molecular formula is C26H33N3O3. The number of benzene rings is 1. The SMILES string of the molecule is O=C1Cc2cc3c(cc2CCN1CCC1CCCN(CCCc2ccncc2)C1)OCO3. The quantitative estimate of drug-likeness (QED) is 0.667. The molecule has 4 heterocycles. The van der Waals surface area contributed by atoms with Crippen LogP contribution in [0.15, 0.2) is 36.7 Å². The number of fused-ring (bicyclic) bond motifs is 2. The number of aryl methyl sites for hydroxylation is 1. The number of amides is 1. The standard InChI is InChI=1S/C26H33N3O3/c30-26-17-23-16-25-24(31-19-32-25)15-22(23)8-14-29(26)13-7-21-4-2-12-28(18-21)11-1-3-20-5-9-27-10-6-20/h5-6,9-10,15-16,21H,1-4,7-8,11-14,17-19H2. The summed E-state index contributed by atoms with van der Waals surface area (Å²) in [6, 6.07) is 8.30. The number of nitrogens with zero attached hydrogens (tertiary/aromatic N) is 3. The van der Waals surface area contributed by atoms with Crippen molar-refractivity contribution in [1.82, 2.24) is 14.8 Å². The van der Waals surface area contributed by atoms with Crippen LogP contribution in [0.4, 0.5) is 0 Å². The smallest absolute Gasteiger partial charge is 0.231 e. The van der Waals surface area contributed by atoms with E-state index in [1.807, 2.05) is 18.5 Å². The summed E-state index contributed by atoms with van der Waals surface area (Å²) in [5, 5.41) is 0. The Hall–Kier alpha value is -2.60. The number of aromatic nitrogens is 1. The maximum Gasteiger partial charge on any atom is 0.231 e. The van der Waals surface area contributed by atoms with Crippen LogP contribution in [-0.4, -0.2) is 60.2 Å². The minimum Gasteiger partial charge on any atom is -0.454 e. The minimum absolute atomic E-state index is 0.243. The van der Waals surface area contributed by atoms with Gasteiger partial charge in [-0.25, -0.2) is 0 Å². The third kappa shape index (κ3) is 5.07. The molecule has 32 heavy (non-hydrogen) atoms. The molecule has 1 amide bonds. The first-order chi connectivity index (χ1) is 15.7. The van der Waals surface area contributed by atoms with Crippen LogP contribution in [0.2, 0.25) is 0 Å². The van der Waals surface area contributed by atoms with Crippen LogP contribution < -0.4 is 9.47 Å². The second kappa shape index (κ2) is 9.90. The molecule has 6 heteroatoms. The lowest BCUT2D eigenvalue weighted by molar-refractivity contribution is -0.130. The highest BCUT2D eigenvalue weighted by Gasteiger charge is 2.26. The van der Waals surface area contributed by atoms with E-state index in [9.17, 15) is 4.79 Å². The van der Waals surface area contributed by atoms with Gasteiger partial charge in [0.05, 0.1) is 6.42 Å². The fourth-order valence-corrected chi connectivity index (χ4v) is 5.30. The van der Waals surface area contributed by atoms with Crippen molar-refractivity contribution in [2.45, 2.75) is 44.9 Å². The first kappa shape index (κ1) is 21.3. The zero-order valence-electron chi connectivity index (χ0n) is 18.8. The van der Waals surface area contributed by atoms with E-state index in [1.165, 1.54) is 43.5 Å². The molecule has 1 aromatic carbocycles. The van der Waals surface area contributed by atoms with E-state index in [4.69, 9.17) is 9.47 Å². The first-order valence-corrected chi connectivity index (χ1v) is 12.0. The monoisotopic (exact) mass is 435 g/mol. The molecule has 1 atom stereocenters. The normalized spacial score (nSPS) is 20.8. The summed E-state index contributed by atoms with van der Waals surface area (Å²) in [5.74, 6) is 2.52. The largest absolute Gasteiger partial charge is 0.454 e. The first-order valence-electron chi connectivity index (χ1n) is 12.0. The van der Waals surface area contributed by atoms with Crippen molar-refractivity contribution in [2.24, 2.45) is 5.92 Å². The molecule has 0 bridgehead atoms. The summed E-state index contributed by atoms with van der Waals surface area (Å²) in [7, 11) is 0. The molecule has 0 aliphatic carbocycles. The van der Waals surface area contributed by atoms with Crippen molar-refractivity contribution in [3.63, 3.8) is 0 Å². The lowest BCUT2D eigenvalue weighted by Gasteiger charge is -2.34. The van der Waals surface area contributed by atoms with Crippen LogP contribution in [0.1, 0.15) is 42.4 Å². The topological polar surface area (TPSA) is 54.9 Å². The van der Waals surface area contributed by atoms with E-state index in [0.29, 0.717) is 12.3 Å². The molecule has 3 aliphatic heterocycles. The van der Waals surface area contributed by atoms with Gasteiger partial charge in [0.25, 0.3) is 0 Å². The summed E-state index contributed by atoms with van der Waals surface area (Å²) in [6.07, 6.45) is 11.1. The fraction of sp³-hybridized carbons (Fsp3) is 0.538. The second-order valence-electron chi connectivity index (χ2n) is 9.34. The number of rotatable bonds is 7. The molecule has 1 unspecified atom stereocenters. The maximum absolute atomic E-state index is 12.9. The van der Waals surface area contributed by atoms with Crippen molar-refractivity contribution >= 4 is 5.91 Å². The Kier molecular flexibility index (Phi) is 6.58. The van der Waals surface area contributed by atoms with Crippen LogP contribution in [0.25, 0.3) is 0 Å². The van der Waals surface area contributed by atoms with Gasteiger partial charge in [-0.05, 0) is 98.5 Å². The van der Waals surface area contributed by atoms with Crippen molar-refractivity contribution in [1.29, 1.82) is 0 Å². The third-order valence-electron chi connectivity index (χ3n) is 7.14. The Morgan fingerprint density at radius 3 is 2.69 bits per heavy atom. The number of ether oxygens (including phenoxy) is 2. The van der Waals surface area contributed by atoms with Crippen molar-refractivity contribution < 1.29 is 14.3 Å². The predicted molar refractivity (Wildman–Crippen MR) is 123 cm³/mol. The number of hydrogen-bond acceptors (Lipinski definition) is 5. The molecule has 1 aromatic heterocycles. The van der Waals surface area contributed by atoms with Crippen molar-refractivity contribution in [3.8, 4) is 11.5 Å². The molecule has 3 aliphatic rings. The van der Waals surface area contributed by atoms with Crippen LogP contribution in [0, 0.1) is 5.92 Å². The Morgan fingerprint density at radius 1 is 1.03 bits per heavy atom. The molecular weight excluding hydrogens is 402 g/mol. The Bertz CT molecular complexity index is 933. The number of likely N-dealkylation sites (tertiary alicyclic amines) is 1. The van der Waals surface area contributed by atoms with Crippen LogP contribution in [0.3, 0.4) is 0 Å². The molecule has 2 aromatic rings. The average molecular weight is 436 g/mol. The highest BCUT2D eigenvalue weighted by atomic mass is 16.7. The van der Waals surface area contributed by atoms with Gasteiger partial charge in [0.15, 0.2) is 11.5 Å². The van der Waals surface area contributed by atoms with Gasteiger partial charge in [-0.15, -0.1) is 0 Å². The molecule has 5 rings (SSSR count). The summed E-state index contributed by atoms with van der Waals surface area (Å²) >= 11 is 0. The molecule has 0 N–H and O–H groups in total. The molecule has 1 saturated heterocycles. The van der Waals surface area contributed by atoms with Gasteiger partial charge < -0.3 is 19.3 Å². The third-order valence-corrected chi connectivity index (χ3v) is 7.14. The summed E-state index contributed by atoms with van der Waals surface area (Å²) in [5.41, 5.74) is 3.69. The second-order valence-corrected chi connectivity index (χ2v) is 9.34. The maximum atomic E-state index is 12.9. The van der Waals surface area contributed by atoms with E-state index < -0.39 is 0 Å². The predicted octanol–water partition coefficient (Wildman–Crippen LogP) is 3.47. The van der Waals surface area contributed by atoms with Crippen LogP contribution in [0.5, 0.6) is 11.5 Å². The zero-order valence-corrected chi connectivity index (χ0v) is 18.8. The van der Waals surface area contributed by atoms with E-state index in [-0.39, 0.29) is 12.7 Å². The van der Waals surface area contributed by atoms with E-state index >= 15 is 0 Å². The average Bonchev–Trinajstić information content (AvgIpc) is 3.21. The Balaban J connectivity index is 1.09. The van der Waals surface area contributed by atoms with Gasteiger partial charge in [-0.2, -0.15) is 0 Å². The summed E-state index contributed by atoms with van der Waals surface area (Å²) in [4.78, 5) is 21.7. The molecule has 0 spiro atoms. The highest BCUT2D eigenvalue weighted by Crippen LogP contribution is 2.36. The van der Waals surface area contributed by atoms with E-state index in [1.54, 1.807) is 0 Å². The number of pyridine rings is 1. The van der Waals surface area contributed by atoms with E-state index in [2.05, 4.69) is 33.0 Å². The molecule has 0 radical (unpaired) electrons. The van der Waals surface area contributed by atoms with Gasteiger partial charge in [-0.3, -0.25) is 9.78 Å². The van der Waals surface area contributed by atoms with E-state index in [0.717, 1.165) is 56.0 Å². The summed E-state index contributed by atoms with van der Waals surface area (Å²) in [6.45, 7) is 5.48. The lowest BCUT2D eigenvalue weighted by atomic mass is 9.94. The Labute approximate surface area is 190 Å². The minimum atomic E-state index is 0.243. The zero-order chi connectivity index (χ0) is 21.8. The van der Waals surface area contributed by atoms with Crippen LogP contribution >= 0.6 is 0 Å². The van der Waals surface area contributed by atoms with Crippen molar-refractivity contribution in [3.05, 3.63) is 53.3 Å². The number of hydrogen-bond donors (Lipinski definition) is 0. The van der Waals surface area contributed by atoms with Gasteiger partial charge in [0, 0.05) is 32.0 Å². The number of carbonyl (C=O) groups is 1. The number of carbonyl (C=O) groups excluding carboxylic acids is 1. The fourth-order valence-electron chi connectivity index (χ4n) is 5.30. The number of piperidine rings is 1. The summed E-state index contributed by atoms with van der Waals surface area (Å²) < 4.78 is 11.0. The molecule has 170 valence electrons. The van der Waals surface area contributed by atoms with Crippen LogP contribution in [-0.2, 0) is 24.1 Å². The molecule has 0 saturated carbocycles. The van der Waals surface area contributed by atoms with Gasteiger partial charge in [0.1, 0.15) is 0 Å². The molecule has 6 nitrogen and oxygen atoms in total. The highest BCUT2D eigenvalue weighted by molar-refractivity contribution is 5.80. The van der Waals surface area contributed by atoms with Gasteiger partial charge in [-0.1, -0.05) is 0 Å². The molecule has 1 fully saturated rings.